The van der Waals surface area contributed by atoms with Crippen LogP contribution < -0.4 is 10.6 Å². The van der Waals surface area contributed by atoms with Gasteiger partial charge in [-0.1, -0.05) is 6.07 Å². The van der Waals surface area contributed by atoms with E-state index in [1.807, 2.05) is 42.1 Å². The molecule has 0 aliphatic carbocycles. The summed E-state index contributed by atoms with van der Waals surface area (Å²) in [7, 11) is 0. The topological polar surface area (TPSA) is 101 Å². The van der Waals surface area contributed by atoms with Crippen molar-refractivity contribution in [1.29, 1.82) is 0 Å². The second-order valence-electron chi connectivity index (χ2n) is 8.37. The number of hydrogen-bond donors (Lipinski definition) is 2. The molecule has 168 valence electrons. The van der Waals surface area contributed by atoms with Gasteiger partial charge < -0.3 is 5.32 Å². The molecule has 2 amide bonds. The Labute approximate surface area is 191 Å². The van der Waals surface area contributed by atoms with E-state index in [-0.39, 0.29) is 12.1 Å². The van der Waals surface area contributed by atoms with Crippen LogP contribution in [0.15, 0.2) is 61.3 Å². The second kappa shape index (κ2) is 9.33. The molecule has 9 nitrogen and oxygen atoms in total. The minimum atomic E-state index is -0.243. The van der Waals surface area contributed by atoms with E-state index in [2.05, 4.69) is 41.7 Å². The molecule has 1 fully saturated rings. The number of anilines is 1. The summed E-state index contributed by atoms with van der Waals surface area (Å²) in [4.78, 5) is 27.8. The Bertz CT molecular complexity index is 1260. The number of urea groups is 1. The van der Waals surface area contributed by atoms with Crippen LogP contribution in [-0.2, 0) is 6.54 Å². The largest absolute Gasteiger partial charge is 0.334 e. The quantitative estimate of drug-likeness (QED) is 0.492. The summed E-state index contributed by atoms with van der Waals surface area (Å²) in [6.07, 6.45) is 10.9. The fraction of sp³-hybridized carbons (Fsp3) is 0.292. The number of piperidine rings is 1. The Morgan fingerprint density at radius 1 is 1.15 bits per heavy atom. The van der Waals surface area contributed by atoms with Gasteiger partial charge in [0.2, 0.25) is 0 Å². The molecule has 9 heteroatoms. The van der Waals surface area contributed by atoms with Crippen LogP contribution in [-0.4, -0.2) is 54.8 Å². The number of carbonyl (C=O) groups excluding carboxylic acids is 1. The van der Waals surface area contributed by atoms with Gasteiger partial charge in [-0.3, -0.25) is 20.2 Å². The summed E-state index contributed by atoms with van der Waals surface area (Å²) in [5.74, 6) is 0.494. The van der Waals surface area contributed by atoms with Crippen molar-refractivity contribution in [2.45, 2.75) is 32.4 Å². The average Bonchev–Trinajstić information content (AvgIpc) is 3.23. The predicted octanol–water partition coefficient (Wildman–Crippen LogP) is 3.31. The molecule has 5 rings (SSSR count). The minimum Gasteiger partial charge on any atom is -0.334 e. The van der Waals surface area contributed by atoms with Gasteiger partial charge in [0.1, 0.15) is 5.82 Å². The summed E-state index contributed by atoms with van der Waals surface area (Å²) in [6.45, 7) is 4.62. The van der Waals surface area contributed by atoms with Crippen molar-refractivity contribution in [2.75, 3.05) is 18.4 Å². The molecule has 1 atom stereocenters. The van der Waals surface area contributed by atoms with Crippen LogP contribution in [0, 0.1) is 6.92 Å². The number of rotatable bonds is 5. The number of pyridine rings is 3. The first-order valence-electron chi connectivity index (χ1n) is 11.1. The average molecular weight is 443 g/mol. The Balaban J connectivity index is 1.21. The fourth-order valence-electron chi connectivity index (χ4n) is 4.27. The van der Waals surface area contributed by atoms with Crippen molar-refractivity contribution >= 4 is 22.8 Å². The maximum atomic E-state index is 12.6. The van der Waals surface area contributed by atoms with Gasteiger partial charge in [-0.25, -0.2) is 14.5 Å². The van der Waals surface area contributed by atoms with E-state index in [0.29, 0.717) is 5.82 Å². The lowest BCUT2D eigenvalue weighted by atomic mass is 10.1. The van der Waals surface area contributed by atoms with E-state index in [1.165, 1.54) is 5.56 Å². The van der Waals surface area contributed by atoms with Gasteiger partial charge in [-0.2, -0.15) is 5.10 Å². The molecule has 1 aliphatic rings. The zero-order chi connectivity index (χ0) is 22.6. The molecule has 4 aromatic heterocycles. The van der Waals surface area contributed by atoms with Crippen LogP contribution in [0.3, 0.4) is 0 Å². The molecule has 0 bridgehead atoms. The summed E-state index contributed by atoms with van der Waals surface area (Å²) in [6, 6.07) is 9.59. The van der Waals surface area contributed by atoms with Gasteiger partial charge >= 0.3 is 6.03 Å². The van der Waals surface area contributed by atoms with E-state index >= 15 is 0 Å². The highest BCUT2D eigenvalue weighted by molar-refractivity contribution is 5.91. The smallest absolute Gasteiger partial charge is 0.320 e. The third-order valence-electron chi connectivity index (χ3n) is 5.79. The molecule has 1 saturated heterocycles. The molecule has 0 spiro atoms. The predicted molar refractivity (Wildman–Crippen MR) is 126 cm³/mol. The van der Waals surface area contributed by atoms with Crippen LogP contribution >= 0.6 is 0 Å². The number of amides is 2. The van der Waals surface area contributed by atoms with E-state index in [1.54, 1.807) is 24.8 Å². The highest BCUT2D eigenvalue weighted by Crippen LogP contribution is 2.20. The lowest BCUT2D eigenvalue weighted by Crippen LogP contribution is -2.48. The number of nitrogens with one attached hydrogen (secondary N) is 2. The summed E-state index contributed by atoms with van der Waals surface area (Å²) < 4.78 is 1.82. The highest BCUT2D eigenvalue weighted by atomic mass is 16.2. The van der Waals surface area contributed by atoms with Crippen molar-refractivity contribution in [2.24, 2.45) is 0 Å². The number of likely N-dealkylation sites (tertiary alicyclic amines) is 1. The summed E-state index contributed by atoms with van der Waals surface area (Å²) in [5, 5.41) is 11.3. The monoisotopic (exact) mass is 442 g/mol. The van der Waals surface area contributed by atoms with Crippen molar-refractivity contribution in [3.05, 3.63) is 72.6 Å². The third-order valence-corrected chi connectivity index (χ3v) is 5.79. The Kier molecular flexibility index (Phi) is 5.95. The molecule has 1 unspecified atom stereocenters. The van der Waals surface area contributed by atoms with Crippen LogP contribution in [0.5, 0.6) is 0 Å². The molecule has 33 heavy (non-hydrogen) atoms. The summed E-state index contributed by atoms with van der Waals surface area (Å²) >= 11 is 0. The van der Waals surface area contributed by atoms with Crippen LogP contribution in [0.25, 0.3) is 16.6 Å². The number of fused-ring (bicyclic) bond motifs is 1. The molecule has 5 heterocycles. The molecule has 2 N–H and O–H groups in total. The molecular formula is C24H26N8O. The zero-order valence-corrected chi connectivity index (χ0v) is 18.5. The molecule has 0 aromatic carbocycles. The van der Waals surface area contributed by atoms with Gasteiger partial charge in [-0.15, -0.1) is 0 Å². The van der Waals surface area contributed by atoms with Gasteiger partial charge in [0, 0.05) is 48.8 Å². The van der Waals surface area contributed by atoms with E-state index in [9.17, 15) is 4.79 Å². The fourth-order valence-corrected chi connectivity index (χ4v) is 4.27. The molecular weight excluding hydrogens is 416 g/mol. The number of aromatic nitrogens is 5. The minimum absolute atomic E-state index is 0.0943. The standard InChI is InChI=1S/C24H26N8O/c1-17-10-21(6-8-26-17)32-22-14-27-23(11-19(22)13-28-32)30-24(33)29-20-5-3-9-31(16-20)15-18-4-2-7-25-12-18/h2,4,6-8,10-14,20H,3,5,9,15-16H2,1H3,(H2,27,29,30,33). The van der Waals surface area contributed by atoms with E-state index < -0.39 is 0 Å². The molecule has 0 saturated carbocycles. The number of aryl methyl sites for hydroxylation is 1. The third kappa shape index (κ3) is 4.98. The zero-order valence-electron chi connectivity index (χ0n) is 18.5. The van der Waals surface area contributed by atoms with Gasteiger partial charge in [0.15, 0.2) is 0 Å². The molecule has 4 aromatic rings. The van der Waals surface area contributed by atoms with Gasteiger partial charge in [0.25, 0.3) is 0 Å². The Morgan fingerprint density at radius 2 is 2.09 bits per heavy atom. The van der Waals surface area contributed by atoms with E-state index in [0.717, 1.165) is 54.8 Å². The first kappa shape index (κ1) is 21.0. The first-order valence-corrected chi connectivity index (χ1v) is 11.1. The van der Waals surface area contributed by atoms with Gasteiger partial charge in [-0.05, 0) is 56.1 Å². The first-order chi connectivity index (χ1) is 16.1. The van der Waals surface area contributed by atoms with Crippen molar-refractivity contribution in [3.8, 4) is 5.69 Å². The number of nitrogens with zero attached hydrogens (tertiary/aromatic N) is 6. The maximum Gasteiger partial charge on any atom is 0.320 e. The lowest BCUT2D eigenvalue weighted by Gasteiger charge is -2.33. The maximum absolute atomic E-state index is 12.6. The lowest BCUT2D eigenvalue weighted by molar-refractivity contribution is 0.183. The Morgan fingerprint density at radius 3 is 2.94 bits per heavy atom. The summed E-state index contributed by atoms with van der Waals surface area (Å²) in [5.41, 5.74) is 3.89. The van der Waals surface area contributed by atoms with Crippen LogP contribution in [0.2, 0.25) is 0 Å². The molecule has 1 aliphatic heterocycles. The van der Waals surface area contributed by atoms with Gasteiger partial charge in [0.05, 0.1) is 23.6 Å². The normalized spacial score (nSPS) is 16.6. The Hall–Kier alpha value is -3.85. The number of carbonyl (C=O) groups is 1. The highest BCUT2D eigenvalue weighted by Gasteiger charge is 2.21. The molecule has 0 radical (unpaired) electrons. The SMILES string of the molecule is Cc1cc(-n2ncc3cc(NC(=O)NC4CCCN(Cc5cccnc5)C4)ncc32)ccn1. The van der Waals surface area contributed by atoms with Crippen LogP contribution in [0.4, 0.5) is 10.6 Å². The van der Waals surface area contributed by atoms with Crippen molar-refractivity contribution in [3.63, 3.8) is 0 Å². The van der Waals surface area contributed by atoms with Crippen molar-refractivity contribution < 1.29 is 4.79 Å². The second-order valence-corrected chi connectivity index (χ2v) is 8.37. The number of hydrogen-bond acceptors (Lipinski definition) is 6. The van der Waals surface area contributed by atoms with E-state index in [4.69, 9.17) is 0 Å². The van der Waals surface area contributed by atoms with Crippen LogP contribution in [0.1, 0.15) is 24.1 Å². The van der Waals surface area contributed by atoms with Crippen molar-refractivity contribution in [1.82, 2.24) is 34.9 Å².